The van der Waals surface area contributed by atoms with E-state index < -0.39 is 16.1 Å². The average Bonchev–Trinajstić information content (AvgIpc) is 2.74. The van der Waals surface area contributed by atoms with Gasteiger partial charge in [0.1, 0.15) is 6.54 Å². The first-order valence-corrected chi connectivity index (χ1v) is 11.7. The molecule has 1 aliphatic carbocycles. The number of carbonyl (C=O) groups excluding carboxylic acids is 1. The molecule has 162 valence electrons. The molecule has 0 spiro atoms. The Hall–Kier alpha value is -2.38. The largest absolute Gasteiger partial charge is 0.391 e. The lowest BCUT2D eigenvalue weighted by molar-refractivity contribution is -0.133. The fraction of sp³-hybridized carbons (Fsp3) is 0.435. The van der Waals surface area contributed by atoms with E-state index in [4.69, 9.17) is 0 Å². The minimum atomic E-state index is -3.93. The summed E-state index contributed by atoms with van der Waals surface area (Å²) in [4.78, 5) is 14.8. The lowest BCUT2D eigenvalue weighted by Gasteiger charge is -2.36. The van der Waals surface area contributed by atoms with Crippen molar-refractivity contribution < 1.29 is 18.3 Å². The first-order chi connectivity index (χ1) is 14.2. The van der Waals surface area contributed by atoms with Crippen LogP contribution in [0.3, 0.4) is 0 Å². The molecule has 0 bridgehead atoms. The highest BCUT2D eigenvalue weighted by molar-refractivity contribution is 7.92. The molecule has 1 amide bonds. The van der Waals surface area contributed by atoms with E-state index in [1.165, 1.54) is 21.3 Å². The molecule has 1 saturated carbocycles. The molecule has 3 rings (SSSR count). The van der Waals surface area contributed by atoms with Gasteiger partial charge in [-0.25, -0.2) is 8.42 Å². The highest BCUT2D eigenvalue weighted by Crippen LogP contribution is 2.27. The van der Waals surface area contributed by atoms with Gasteiger partial charge in [0.25, 0.3) is 10.0 Å². The Morgan fingerprint density at radius 2 is 1.70 bits per heavy atom. The summed E-state index contributed by atoms with van der Waals surface area (Å²) in [7, 11) is -2.29. The van der Waals surface area contributed by atoms with Gasteiger partial charge in [-0.3, -0.25) is 9.10 Å². The number of hydrogen-bond acceptors (Lipinski definition) is 4. The zero-order valence-electron chi connectivity index (χ0n) is 17.8. The van der Waals surface area contributed by atoms with E-state index in [0.29, 0.717) is 12.1 Å². The second kappa shape index (κ2) is 9.18. The number of amides is 1. The standard InChI is InChI=1S/C23H30N2O4S/c1-17-13-14-19(15-18(17)2)25(30(28,29)20-9-5-4-6-10-20)16-23(27)24(3)21-11-7-8-12-22(21)26/h4-6,9-10,13-15,21-22,26H,7-8,11-12,16H2,1-3H3. The molecule has 2 aromatic carbocycles. The number of aliphatic hydroxyl groups is 1. The van der Waals surface area contributed by atoms with Crippen LogP contribution < -0.4 is 4.31 Å². The van der Waals surface area contributed by atoms with E-state index in [1.54, 1.807) is 37.4 Å². The van der Waals surface area contributed by atoms with Crippen LogP contribution in [0.15, 0.2) is 53.4 Å². The lowest BCUT2D eigenvalue weighted by Crippen LogP contribution is -2.50. The highest BCUT2D eigenvalue weighted by Gasteiger charge is 2.33. The van der Waals surface area contributed by atoms with E-state index >= 15 is 0 Å². The molecule has 1 N–H and O–H groups in total. The Morgan fingerprint density at radius 1 is 1.03 bits per heavy atom. The third-order valence-electron chi connectivity index (χ3n) is 5.97. The van der Waals surface area contributed by atoms with Crippen molar-refractivity contribution in [2.24, 2.45) is 0 Å². The molecular weight excluding hydrogens is 400 g/mol. The van der Waals surface area contributed by atoms with Gasteiger partial charge in [-0.05, 0) is 62.1 Å². The quantitative estimate of drug-likeness (QED) is 0.763. The average molecular weight is 431 g/mol. The Morgan fingerprint density at radius 3 is 2.33 bits per heavy atom. The van der Waals surface area contributed by atoms with E-state index in [0.717, 1.165) is 30.4 Å². The van der Waals surface area contributed by atoms with Gasteiger partial charge in [-0.15, -0.1) is 0 Å². The highest BCUT2D eigenvalue weighted by atomic mass is 32.2. The van der Waals surface area contributed by atoms with Crippen LogP contribution in [0.2, 0.25) is 0 Å². The maximum absolute atomic E-state index is 13.4. The van der Waals surface area contributed by atoms with E-state index in [-0.39, 0.29) is 23.4 Å². The lowest BCUT2D eigenvalue weighted by atomic mass is 9.91. The van der Waals surface area contributed by atoms with Gasteiger partial charge >= 0.3 is 0 Å². The Balaban J connectivity index is 1.95. The Labute approximate surface area is 179 Å². The van der Waals surface area contributed by atoms with Crippen molar-refractivity contribution in [2.45, 2.75) is 56.6 Å². The summed E-state index contributed by atoms with van der Waals surface area (Å²) in [6, 6.07) is 13.2. The summed E-state index contributed by atoms with van der Waals surface area (Å²) < 4.78 is 28.0. The van der Waals surface area contributed by atoms with Crippen LogP contribution >= 0.6 is 0 Å². The molecule has 2 unspecified atom stereocenters. The number of benzene rings is 2. The van der Waals surface area contributed by atoms with Gasteiger partial charge in [0, 0.05) is 7.05 Å². The van der Waals surface area contributed by atoms with Crippen LogP contribution in [0.25, 0.3) is 0 Å². The summed E-state index contributed by atoms with van der Waals surface area (Å²) in [5.74, 6) is -0.335. The van der Waals surface area contributed by atoms with E-state index in [1.807, 2.05) is 19.9 Å². The predicted octanol–water partition coefficient (Wildman–Crippen LogP) is 3.26. The maximum atomic E-state index is 13.4. The number of anilines is 1. The van der Waals surface area contributed by atoms with Crippen molar-refractivity contribution in [3.63, 3.8) is 0 Å². The van der Waals surface area contributed by atoms with Gasteiger partial charge in [-0.2, -0.15) is 0 Å². The minimum Gasteiger partial charge on any atom is -0.391 e. The molecule has 0 saturated heterocycles. The second-order valence-electron chi connectivity index (χ2n) is 8.02. The summed E-state index contributed by atoms with van der Waals surface area (Å²) in [5.41, 5.74) is 2.45. The number of rotatable bonds is 6. The van der Waals surface area contributed by atoms with Crippen molar-refractivity contribution in [3.8, 4) is 0 Å². The fourth-order valence-corrected chi connectivity index (χ4v) is 5.31. The van der Waals surface area contributed by atoms with Crippen molar-refractivity contribution in [1.29, 1.82) is 0 Å². The number of likely N-dealkylation sites (N-methyl/N-ethyl adjacent to an activating group) is 1. The number of hydrogen-bond donors (Lipinski definition) is 1. The molecule has 7 heteroatoms. The normalized spacial score (nSPS) is 19.3. The SMILES string of the molecule is Cc1ccc(N(CC(=O)N(C)C2CCCCC2O)S(=O)(=O)c2ccccc2)cc1C. The van der Waals surface area contributed by atoms with Gasteiger partial charge in [-0.1, -0.05) is 37.1 Å². The topological polar surface area (TPSA) is 77.9 Å². The molecule has 0 aromatic heterocycles. The van der Waals surface area contributed by atoms with Gasteiger partial charge in [0.15, 0.2) is 0 Å². The number of carbonyl (C=O) groups is 1. The number of aryl methyl sites for hydroxylation is 2. The maximum Gasteiger partial charge on any atom is 0.264 e. The number of nitrogens with zero attached hydrogens (tertiary/aromatic N) is 2. The molecule has 0 aliphatic heterocycles. The summed E-state index contributed by atoms with van der Waals surface area (Å²) in [5, 5.41) is 10.3. The predicted molar refractivity (Wildman–Crippen MR) is 118 cm³/mol. The number of sulfonamides is 1. The zero-order chi connectivity index (χ0) is 21.9. The molecule has 1 fully saturated rings. The second-order valence-corrected chi connectivity index (χ2v) is 9.88. The molecule has 2 atom stereocenters. The van der Waals surface area contributed by atoms with Crippen LogP contribution in [0, 0.1) is 13.8 Å². The van der Waals surface area contributed by atoms with E-state index in [2.05, 4.69) is 0 Å². The van der Waals surface area contributed by atoms with Crippen LogP contribution in [-0.2, 0) is 14.8 Å². The third-order valence-corrected chi connectivity index (χ3v) is 7.76. The fourth-order valence-electron chi connectivity index (χ4n) is 3.88. The number of aliphatic hydroxyl groups excluding tert-OH is 1. The van der Waals surface area contributed by atoms with Crippen LogP contribution in [0.5, 0.6) is 0 Å². The molecule has 1 aliphatic rings. The Bertz CT molecular complexity index is 992. The third kappa shape index (κ3) is 4.68. The van der Waals surface area contributed by atoms with Gasteiger partial charge < -0.3 is 10.0 Å². The van der Waals surface area contributed by atoms with Crippen molar-refractivity contribution in [1.82, 2.24) is 4.90 Å². The van der Waals surface area contributed by atoms with Crippen LogP contribution in [0.4, 0.5) is 5.69 Å². The van der Waals surface area contributed by atoms with Gasteiger partial charge in [0.05, 0.1) is 22.7 Å². The smallest absolute Gasteiger partial charge is 0.264 e. The van der Waals surface area contributed by atoms with Crippen LogP contribution in [0.1, 0.15) is 36.8 Å². The molecule has 6 nitrogen and oxygen atoms in total. The minimum absolute atomic E-state index is 0.136. The first kappa shape index (κ1) is 22.3. The van der Waals surface area contributed by atoms with Crippen molar-refractivity contribution >= 4 is 21.6 Å². The molecule has 2 aromatic rings. The molecule has 30 heavy (non-hydrogen) atoms. The zero-order valence-corrected chi connectivity index (χ0v) is 18.6. The first-order valence-electron chi connectivity index (χ1n) is 10.3. The molecular formula is C23H30N2O4S. The summed E-state index contributed by atoms with van der Waals surface area (Å²) in [6.07, 6.45) is 2.69. The van der Waals surface area contributed by atoms with Crippen molar-refractivity contribution in [2.75, 3.05) is 17.9 Å². The van der Waals surface area contributed by atoms with Crippen molar-refractivity contribution in [3.05, 3.63) is 59.7 Å². The molecule has 0 radical (unpaired) electrons. The summed E-state index contributed by atoms with van der Waals surface area (Å²) >= 11 is 0. The monoisotopic (exact) mass is 430 g/mol. The van der Waals surface area contributed by atoms with Crippen LogP contribution in [-0.4, -0.2) is 50.1 Å². The Kier molecular flexibility index (Phi) is 6.83. The van der Waals surface area contributed by atoms with E-state index in [9.17, 15) is 18.3 Å². The summed E-state index contributed by atoms with van der Waals surface area (Å²) in [6.45, 7) is 3.55. The van der Waals surface area contributed by atoms with Gasteiger partial charge in [0.2, 0.25) is 5.91 Å². The molecule has 0 heterocycles.